The average molecular weight is 473 g/mol. The van der Waals surface area contributed by atoms with Crippen LogP contribution in [0.4, 0.5) is 19.0 Å². The van der Waals surface area contributed by atoms with Crippen LogP contribution in [0.3, 0.4) is 0 Å². The highest BCUT2D eigenvalue weighted by Crippen LogP contribution is 2.26. The number of aryl methyl sites for hydroxylation is 1. The highest BCUT2D eigenvalue weighted by molar-refractivity contribution is 6.35. The molecule has 0 saturated heterocycles. The fourth-order valence-electron chi connectivity index (χ4n) is 3.38. The van der Waals surface area contributed by atoms with E-state index in [-0.39, 0.29) is 16.1 Å². The average Bonchev–Trinajstić information content (AvgIpc) is 3.26. The molecule has 0 bridgehead atoms. The Morgan fingerprint density at radius 3 is 2.45 bits per heavy atom. The maximum atomic E-state index is 13.7. The van der Waals surface area contributed by atoms with E-state index < -0.39 is 23.0 Å². The summed E-state index contributed by atoms with van der Waals surface area (Å²) in [7, 11) is 0. The first kappa shape index (κ1) is 22.3. The van der Waals surface area contributed by atoms with E-state index in [0.29, 0.717) is 40.5 Å². The van der Waals surface area contributed by atoms with E-state index >= 15 is 0 Å². The van der Waals surface area contributed by atoms with Crippen molar-refractivity contribution >= 4 is 39.4 Å². The summed E-state index contributed by atoms with van der Waals surface area (Å²) in [4.78, 5) is 27.1. The quantitative estimate of drug-likeness (QED) is 0.392. The molecule has 0 aliphatic carbocycles. The third-order valence-corrected chi connectivity index (χ3v) is 5.24. The van der Waals surface area contributed by atoms with Crippen molar-refractivity contribution in [2.45, 2.75) is 13.3 Å². The number of nitrogens with zero attached hydrogens (tertiary/aromatic N) is 4. The molecule has 0 spiro atoms. The van der Waals surface area contributed by atoms with E-state index in [1.165, 1.54) is 24.8 Å². The standard InChI is InChI=1S/C17H11ClF3NO.C5H5N5/c1-2-12-5-9-3-4-14(21)16(18)15(9)17(23)22(12)13-7-10(19)6-11(20)8-13;6-4-3-5(9-1-7-3)10-2-8-4/h3-8H,2H2,1H3;1-2H,(H3,6,7,8,9,10). The molecular weight excluding hydrogens is 457 g/mol. The molecule has 33 heavy (non-hydrogen) atoms. The molecule has 2 aromatic carbocycles. The number of hydrogen-bond donors (Lipinski definition) is 2. The summed E-state index contributed by atoms with van der Waals surface area (Å²) in [6.45, 7) is 1.80. The van der Waals surface area contributed by atoms with Crippen molar-refractivity contribution < 1.29 is 13.2 Å². The summed E-state index contributed by atoms with van der Waals surface area (Å²) in [5.41, 5.74) is 6.73. The number of imidazole rings is 1. The van der Waals surface area contributed by atoms with Gasteiger partial charge >= 0.3 is 0 Å². The second-order valence-corrected chi connectivity index (χ2v) is 7.32. The van der Waals surface area contributed by atoms with Gasteiger partial charge in [0.05, 0.1) is 22.4 Å². The van der Waals surface area contributed by atoms with Crippen molar-refractivity contribution in [1.82, 2.24) is 24.5 Å². The number of H-pyrrole nitrogens is 1. The number of fused-ring (bicyclic) bond motifs is 2. The third-order valence-electron chi connectivity index (χ3n) is 4.87. The van der Waals surface area contributed by atoms with Crippen LogP contribution in [-0.4, -0.2) is 24.5 Å². The zero-order valence-corrected chi connectivity index (χ0v) is 17.9. The molecule has 3 heterocycles. The van der Waals surface area contributed by atoms with Crippen LogP contribution in [-0.2, 0) is 6.42 Å². The minimum atomic E-state index is -0.806. The Morgan fingerprint density at radius 1 is 1.06 bits per heavy atom. The molecule has 0 saturated carbocycles. The minimum absolute atomic E-state index is 0.0199. The van der Waals surface area contributed by atoms with Gasteiger partial charge in [-0.15, -0.1) is 0 Å². The van der Waals surface area contributed by atoms with Gasteiger partial charge in [0.25, 0.3) is 5.56 Å². The first-order valence-electron chi connectivity index (χ1n) is 9.68. The minimum Gasteiger partial charge on any atom is -0.382 e. The summed E-state index contributed by atoms with van der Waals surface area (Å²) < 4.78 is 41.8. The smallest absolute Gasteiger partial charge is 0.264 e. The first-order chi connectivity index (χ1) is 15.8. The van der Waals surface area contributed by atoms with Crippen LogP contribution in [0.25, 0.3) is 27.6 Å². The van der Waals surface area contributed by atoms with Crippen LogP contribution < -0.4 is 11.3 Å². The number of aromatic amines is 1. The lowest BCUT2D eigenvalue weighted by atomic mass is 10.1. The summed E-state index contributed by atoms with van der Waals surface area (Å²) in [5.74, 6) is -1.90. The molecule has 0 radical (unpaired) electrons. The molecule has 0 aliphatic heterocycles. The lowest BCUT2D eigenvalue weighted by molar-refractivity contribution is 0.580. The Hall–Kier alpha value is -3.92. The Kier molecular flexibility index (Phi) is 6.01. The number of pyridine rings is 1. The first-order valence-corrected chi connectivity index (χ1v) is 10.1. The monoisotopic (exact) mass is 472 g/mol. The lowest BCUT2D eigenvalue weighted by Crippen LogP contribution is -2.22. The van der Waals surface area contributed by atoms with Crippen LogP contribution in [0.1, 0.15) is 12.6 Å². The molecule has 5 aromatic rings. The van der Waals surface area contributed by atoms with Crippen molar-refractivity contribution in [2.75, 3.05) is 5.73 Å². The molecule has 7 nitrogen and oxygen atoms in total. The van der Waals surface area contributed by atoms with E-state index in [4.69, 9.17) is 17.3 Å². The number of halogens is 4. The summed E-state index contributed by atoms with van der Waals surface area (Å²) in [6.07, 6.45) is 3.37. The maximum absolute atomic E-state index is 13.7. The normalized spacial score (nSPS) is 10.9. The third kappa shape index (κ3) is 4.24. The van der Waals surface area contributed by atoms with E-state index in [2.05, 4.69) is 19.9 Å². The number of nitrogens with two attached hydrogens (primary N) is 1. The molecular formula is C22H16ClF3N6O. The highest BCUT2D eigenvalue weighted by Gasteiger charge is 2.16. The van der Waals surface area contributed by atoms with E-state index in [1.807, 2.05) is 0 Å². The van der Waals surface area contributed by atoms with E-state index in [0.717, 1.165) is 16.7 Å². The SMILES string of the molecule is CCc1cc2ccc(F)c(Cl)c2c(=O)n1-c1cc(F)cc(F)c1.Nc1ncnc2nc[nH]c12. The number of anilines is 1. The largest absolute Gasteiger partial charge is 0.382 e. The molecule has 11 heteroatoms. The molecule has 0 amide bonds. The number of nitrogen functional groups attached to an aromatic ring is 1. The lowest BCUT2D eigenvalue weighted by Gasteiger charge is -2.14. The second kappa shape index (κ2) is 8.91. The highest BCUT2D eigenvalue weighted by atomic mass is 35.5. The Morgan fingerprint density at radius 2 is 1.79 bits per heavy atom. The van der Waals surface area contributed by atoms with Gasteiger partial charge in [0, 0.05) is 11.8 Å². The Balaban J connectivity index is 0.000000214. The van der Waals surface area contributed by atoms with Crippen molar-refractivity contribution in [3.63, 3.8) is 0 Å². The van der Waals surface area contributed by atoms with Crippen LogP contribution in [0, 0.1) is 17.5 Å². The number of benzene rings is 2. The molecule has 0 aliphatic rings. The van der Waals surface area contributed by atoms with Crippen molar-refractivity contribution in [3.8, 4) is 5.69 Å². The van der Waals surface area contributed by atoms with E-state index in [1.54, 1.807) is 13.0 Å². The number of aromatic nitrogens is 5. The summed E-state index contributed by atoms with van der Waals surface area (Å²) >= 11 is 5.91. The Bertz CT molecular complexity index is 1530. The van der Waals surface area contributed by atoms with Gasteiger partial charge in [0.15, 0.2) is 11.5 Å². The molecule has 3 N–H and O–H groups in total. The summed E-state index contributed by atoms with van der Waals surface area (Å²) in [6, 6.07) is 7.09. The molecule has 0 unspecified atom stereocenters. The summed E-state index contributed by atoms with van der Waals surface area (Å²) in [5, 5.41) is 0.153. The van der Waals surface area contributed by atoms with Gasteiger partial charge in [-0.2, -0.15) is 0 Å². The van der Waals surface area contributed by atoms with Gasteiger partial charge in [0.2, 0.25) is 0 Å². The van der Waals surface area contributed by atoms with Gasteiger partial charge in [-0.1, -0.05) is 24.6 Å². The fraction of sp³-hybridized carbons (Fsp3) is 0.0909. The maximum Gasteiger partial charge on any atom is 0.264 e. The van der Waals surface area contributed by atoms with Crippen LogP contribution >= 0.6 is 11.6 Å². The molecule has 5 rings (SSSR count). The van der Waals surface area contributed by atoms with Gasteiger partial charge in [-0.25, -0.2) is 28.1 Å². The van der Waals surface area contributed by atoms with Gasteiger partial charge < -0.3 is 10.7 Å². The van der Waals surface area contributed by atoms with Gasteiger partial charge in [-0.05, 0) is 36.1 Å². The fourth-order valence-corrected chi connectivity index (χ4v) is 3.64. The van der Waals surface area contributed by atoms with Crippen LogP contribution in [0.15, 0.2) is 53.8 Å². The number of nitrogens with one attached hydrogen (secondary N) is 1. The molecule has 0 atom stereocenters. The van der Waals surface area contributed by atoms with Crippen molar-refractivity contribution in [1.29, 1.82) is 0 Å². The Labute approximate surface area is 189 Å². The zero-order valence-electron chi connectivity index (χ0n) is 17.1. The number of rotatable bonds is 2. The van der Waals surface area contributed by atoms with Gasteiger partial charge in [0.1, 0.15) is 29.3 Å². The second-order valence-electron chi connectivity index (χ2n) is 6.94. The van der Waals surface area contributed by atoms with E-state index in [9.17, 15) is 18.0 Å². The molecule has 3 aromatic heterocycles. The molecule has 168 valence electrons. The van der Waals surface area contributed by atoms with Crippen LogP contribution in [0.5, 0.6) is 0 Å². The van der Waals surface area contributed by atoms with Gasteiger partial charge in [-0.3, -0.25) is 9.36 Å². The predicted molar refractivity (Wildman–Crippen MR) is 120 cm³/mol. The molecule has 0 fully saturated rings. The zero-order chi connectivity index (χ0) is 23.7. The topological polar surface area (TPSA) is 102 Å². The number of hydrogen-bond acceptors (Lipinski definition) is 5. The van der Waals surface area contributed by atoms with Crippen molar-refractivity contribution in [3.05, 3.63) is 87.6 Å². The van der Waals surface area contributed by atoms with Crippen molar-refractivity contribution in [2.24, 2.45) is 0 Å². The van der Waals surface area contributed by atoms with Crippen LogP contribution in [0.2, 0.25) is 5.02 Å². The predicted octanol–water partition coefficient (Wildman–Crippen LogP) is 4.56.